The van der Waals surface area contributed by atoms with Crippen LogP contribution in [-0.4, -0.2) is 92.1 Å². The van der Waals surface area contributed by atoms with Crippen molar-refractivity contribution in [3.8, 4) is 23.7 Å². The SMILES string of the molecule is CCCCCC(C)C#CC1CCC(=O)N1CCCSCCC.CCCCCC(O)C#CC1CCC(=O)N1CCCSCCC(=O)O. The summed E-state index contributed by atoms with van der Waals surface area (Å²) in [5, 5.41) is 18.5. The molecule has 46 heavy (non-hydrogen) atoms. The number of likely N-dealkylation sites (tertiary alicyclic amines) is 2. The van der Waals surface area contributed by atoms with Crippen LogP contribution in [0.3, 0.4) is 0 Å². The van der Waals surface area contributed by atoms with Gasteiger partial charge in [0, 0.05) is 37.6 Å². The summed E-state index contributed by atoms with van der Waals surface area (Å²) >= 11 is 3.60. The maximum atomic E-state index is 12.0. The maximum Gasteiger partial charge on any atom is 0.304 e. The second-order valence-electron chi connectivity index (χ2n) is 12.3. The first-order valence-corrected chi connectivity index (χ1v) is 20.2. The van der Waals surface area contributed by atoms with Crippen molar-refractivity contribution in [2.75, 3.05) is 36.1 Å². The molecule has 2 amide bonds. The summed E-state index contributed by atoms with van der Waals surface area (Å²) in [6.45, 7) is 10.3. The van der Waals surface area contributed by atoms with E-state index in [4.69, 9.17) is 5.11 Å². The molecule has 9 heteroatoms. The molecule has 2 aliphatic rings. The summed E-state index contributed by atoms with van der Waals surface area (Å²) in [7, 11) is 0. The second-order valence-corrected chi connectivity index (χ2v) is 14.8. The van der Waals surface area contributed by atoms with Crippen LogP contribution in [0.2, 0.25) is 0 Å². The van der Waals surface area contributed by atoms with E-state index in [9.17, 15) is 19.5 Å². The van der Waals surface area contributed by atoms with E-state index in [1.165, 1.54) is 37.9 Å². The van der Waals surface area contributed by atoms with Crippen LogP contribution in [-0.2, 0) is 14.4 Å². The first-order chi connectivity index (χ1) is 22.2. The number of aliphatic hydroxyl groups is 1. The van der Waals surface area contributed by atoms with E-state index in [-0.39, 0.29) is 24.4 Å². The van der Waals surface area contributed by atoms with Crippen molar-refractivity contribution in [3.63, 3.8) is 0 Å². The lowest BCUT2D eigenvalue weighted by Gasteiger charge is -2.20. The number of aliphatic carboxylic acids is 1. The van der Waals surface area contributed by atoms with E-state index in [1.807, 2.05) is 21.6 Å². The fraction of sp³-hybridized carbons (Fsp3) is 0.811. The quantitative estimate of drug-likeness (QED) is 0.0975. The third kappa shape index (κ3) is 19.8. The first-order valence-electron chi connectivity index (χ1n) is 17.9. The molecule has 0 aliphatic carbocycles. The van der Waals surface area contributed by atoms with Gasteiger partial charge in [-0.25, -0.2) is 0 Å². The van der Waals surface area contributed by atoms with Gasteiger partial charge in [0.2, 0.25) is 11.8 Å². The number of unbranched alkanes of at least 4 members (excludes halogenated alkanes) is 4. The number of hydrogen-bond acceptors (Lipinski definition) is 6. The molecule has 2 saturated heterocycles. The molecule has 2 fully saturated rings. The zero-order valence-electron chi connectivity index (χ0n) is 29.2. The molecule has 0 aromatic heterocycles. The van der Waals surface area contributed by atoms with Gasteiger partial charge in [0.15, 0.2) is 0 Å². The minimum absolute atomic E-state index is 0.0812. The highest BCUT2D eigenvalue weighted by molar-refractivity contribution is 7.99. The van der Waals surface area contributed by atoms with Crippen LogP contribution >= 0.6 is 23.5 Å². The molecular formula is C37H62N2O5S2. The van der Waals surface area contributed by atoms with Crippen molar-refractivity contribution in [1.82, 2.24) is 9.80 Å². The van der Waals surface area contributed by atoms with Crippen LogP contribution in [0.5, 0.6) is 0 Å². The molecule has 0 radical (unpaired) electrons. The van der Waals surface area contributed by atoms with Gasteiger partial charge < -0.3 is 20.0 Å². The summed E-state index contributed by atoms with van der Waals surface area (Å²) in [5.41, 5.74) is 0. The third-order valence-electron chi connectivity index (χ3n) is 8.08. The number of aliphatic hydroxyl groups excluding tert-OH is 1. The summed E-state index contributed by atoms with van der Waals surface area (Å²) < 4.78 is 0. The summed E-state index contributed by atoms with van der Waals surface area (Å²) in [4.78, 5) is 38.2. The van der Waals surface area contributed by atoms with Gasteiger partial charge >= 0.3 is 5.97 Å². The second kappa shape index (κ2) is 27.2. The lowest BCUT2D eigenvalue weighted by molar-refractivity contribution is -0.136. The fourth-order valence-electron chi connectivity index (χ4n) is 5.37. The summed E-state index contributed by atoms with van der Waals surface area (Å²) in [6.07, 6.45) is 14.6. The predicted octanol–water partition coefficient (Wildman–Crippen LogP) is 7.25. The van der Waals surface area contributed by atoms with Gasteiger partial charge in [0.1, 0.15) is 6.10 Å². The highest BCUT2D eigenvalue weighted by Gasteiger charge is 2.30. The number of carboxylic acids is 1. The van der Waals surface area contributed by atoms with E-state index in [2.05, 4.69) is 51.4 Å². The van der Waals surface area contributed by atoms with E-state index in [1.54, 1.807) is 11.8 Å². The number of amides is 2. The van der Waals surface area contributed by atoms with Crippen LogP contribution in [0.15, 0.2) is 0 Å². The monoisotopic (exact) mass is 678 g/mol. The van der Waals surface area contributed by atoms with Crippen molar-refractivity contribution in [2.45, 2.75) is 149 Å². The first kappa shape index (κ1) is 42.2. The molecule has 2 aliphatic heterocycles. The smallest absolute Gasteiger partial charge is 0.304 e. The van der Waals surface area contributed by atoms with Crippen molar-refractivity contribution >= 4 is 41.3 Å². The zero-order chi connectivity index (χ0) is 34.0. The minimum atomic E-state index is -0.773. The van der Waals surface area contributed by atoms with E-state index >= 15 is 0 Å². The Morgan fingerprint density at radius 3 is 1.80 bits per heavy atom. The number of rotatable bonds is 21. The van der Waals surface area contributed by atoms with E-state index in [0.29, 0.717) is 43.4 Å². The Morgan fingerprint density at radius 1 is 0.761 bits per heavy atom. The zero-order valence-corrected chi connectivity index (χ0v) is 30.8. The average molecular weight is 679 g/mol. The topological polar surface area (TPSA) is 98.2 Å². The number of thioether (sulfide) groups is 2. The molecule has 2 N–H and O–H groups in total. The van der Waals surface area contributed by atoms with Gasteiger partial charge in [-0.1, -0.05) is 83.5 Å². The van der Waals surface area contributed by atoms with Gasteiger partial charge in [-0.3, -0.25) is 14.4 Å². The third-order valence-corrected chi connectivity index (χ3v) is 10.4. The number of nitrogens with zero attached hydrogens (tertiary/aromatic N) is 2. The van der Waals surface area contributed by atoms with Gasteiger partial charge in [0.05, 0.1) is 18.5 Å². The molecule has 0 aromatic carbocycles. The molecule has 4 atom stereocenters. The lowest BCUT2D eigenvalue weighted by Crippen LogP contribution is -2.33. The standard InChI is InChI=1S/C19H33NOS.C18H29NO4S/c1-4-6-7-9-17(3)10-11-18-12-13-19(21)20(18)14-8-16-22-15-5-2;1-2-3-4-6-16(20)9-7-15-8-10-17(21)19(15)12-5-13-24-14-11-18(22)23/h17-18H,4-9,12-16H2,1-3H3;15-16,20H,2-6,8,10-14H2,1H3,(H,22,23). The molecule has 4 unspecified atom stereocenters. The number of carbonyl (C=O) groups is 3. The predicted molar refractivity (Wildman–Crippen MR) is 195 cm³/mol. The number of hydrogen-bond donors (Lipinski definition) is 2. The molecule has 0 saturated carbocycles. The van der Waals surface area contributed by atoms with Crippen LogP contribution < -0.4 is 0 Å². The van der Waals surface area contributed by atoms with Crippen molar-refractivity contribution in [3.05, 3.63) is 0 Å². The Balaban J connectivity index is 0.000000462. The Kier molecular flexibility index (Phi) is 24.9. The molecule has 2 rings (SSSR count). The van der Waals surface area contributed by atoms with Crippen molar-refractivity contribution < 1.29 is 24.6 Å². The van der Waals surface area contributed by atoms with Gasteiger partial charge in [-0.15, -0.1) is 0 Å². The normalized spacial score (nSPS) is 18.7. The van der Waals surface area contributed by atoms with Crippen LogP contribution in [0.4, 0.5) is 0 Å². The van der Waals surface area contributed by atoms with Gasteiger partial charge in [0.25, 0.3) is 0 Å². The average Bonchev–Trinajstić information content (AvgIpc) is 3.57. The Morgan fingerprint density at radius 2 is 1.28 bits per heavy atom. The fourth-order valence-corrected chi connectivity index (χ4v) is 7.06. The molecular weight excluding hydrogens is 617 g/mol. The van der Waals surface area contributed by atoms with E-state index < -0.39 is 12.1 Å². The van der Waals surface area contributed by atoms with Crippen LogP contribution in [0, 0.1) is 29.6 Å². The Labute approximate surface area is 289 Å². The lowest BCUT2D eigenvalue weighted by atomic mass is 10.0. The van der Waals surface area contributed by atoms with Crippen molar-refractivity contribution in [1.29, 1.82) is 0 Å². The van der Waals surface area contributed by atoms with Crippen LogP contribution in [0.25, 0.3) is 0 Å². The molecule has 0 bridgehead atoms. The number of carbonyl (C=O) groups excluding carboxylic acids is 2. The van der Waals surface area contributed by atoms with Gasteiger partial charge in [-0.2, -0.15) is 23.5 Å². The van der Waals surface area contributed by atoms with Crippen molar-refractivity contribution in [2.24, 2.45) is 5.92 Å². The van der Waals surface area contributed by atoms with E-state index in [0.717, 1.165) is 63.0 Å². The molecule has 2 heterocycles. The van der Waals surface area contributed by atoms with Crippen LogP contribution in [0.1, 0.15) is 130 Å². The highest BCUT2D eigenvalue weighted by atomic mass is 32.2. The molecule has 7 nitrogen and oxygen atoms in total. The minimum Gasteiger partial charge on any atom is -0.481 e. The number of carboxylic acid groups (broad SMARTS) is 1. The summed E-state index contributed by atoms with van der Waals surface area (Å²) in [5.74, 6) is 16.7. The maximum absolute atomic E-state index is 12.0. The molecule has 262 valence electrons. The highest BCUT2D eigenvalue weighted by Crippen LogP contribution is 2.21. The largest absolute Gasteiger partial charge is 0.481 e. The molecule has 0 spiro atoms. The molecule has 0 aromatic rings. The summed E-state index contributed by atoms with van der Waals surface area (Å²) in [6, 6.07) is 0.0969. The Hall–Kier alpha value is -1.81. The Bertz CT molecular complexity index is 986. The van der Waals surface area contributed by atoms with Gasteiger partial charge in [-0.05, 0) is 68.6 Å².